The van der Waals surface area contributed by atoms with E-state index in [1.807, 2.05) is 38.1 Å². The zero-order chi connectivity index (χ0) is 12.7. The van der Waals surface area contributed by atoms with Crippen molar-refractivity contribution in [3.63, 3.8) is 0 Å². The standard InChI is InChI=1S/C13H21NO2S/c1-11(2)16-13-6-4-12(5-7-13)10-14-8-9-17(3)15/h4-7,11,14H,8-10H2,1-3H3. The first-order chi connectivity index (χ1) is 8.08. The third-order valence-electron chi connectivity index (χ3n) is 2.19. The quantitative estimate of drug-likeness (QED) is 0.757. The summed E-state index contributed by atoms with van der Waals surface area (Å²) in [6.45, 7) is 5.62. The Morgan fingerprint density at radius 1 is 1.29 bits per heavy atom. The lowest BCUT2D eigenvalue weighted by Gasteiger charge is -2.10. The molecule has 0 spiro atoms. The fourth-order valence-corrected chi connectivity index (χ4v) is 1.84. The van der Waals surface area contributed by atoms with Gasteiger partial charge < -0.3 is 10.1 Å². The third-order valence-corrected chi connectivity index (χ3v) is 2.97. The molecule has 1 atom stereocenters. The van der Waals surface area contributed by atoms with Gasteiger partial charge in [-0.3, -0.25) is 4.21 Å². The molecule has 0 aliphatic carbocycles. The Morgan fingerprint density at radius 2 is 1.94 bits per heavy atom. The van der Waals surface area contributed by atoms with E-state index in [1.54, 1.807) is 6.26 Å². The lowest BCUT2D eigenvalue weighted by molar-refractivity contribution is 0.242. The predicted octanol–water partition coefficient (Wildman–Crippen LogP) is 1.94. The first-order valence-corrected chi connectivity index (χ1v) is 7.57. The van der Waals surface area contributed by atoms with Crippen LogP contribution in [0.3, 0.4) is 0 Å². The Labute approximate surface area is 106 Å². The molecule has 1 aromatic rings. The van der Waals surface area contributed by atoms with Crippen LogP contribution in [0.25, 0.3) is 0 Å². The molecule has 1 unspecified atom stereocenters. The van der Waals surface area contributed by atoms with Gasteiger partial charge in [0, 0.05) is 35.9 Å². The van der Waals surface area contributed by atoms with E-state index in [-0.39, 0.29) is 6.10 Å². The van der Waals surface area contributed by atoms with Crippen molar-refractivity contribution in [3.05, 3.63) is 29.8 Å². The molecule has 0 fully saturated rings. The minimum Gasteiger partial charge on any atom is -0.491 e. The SMILES string of the molecule is CC(C)Oc1ccc(CNCCS(C)=O)cc1. The van der Waals surface area contributed by atoms with Crippen LogP contribution in [0.4, 0.5) is 0 Å². The molecule has 0 saturated heterocycles. The van der Waals surface area contributed by atoms with Crippen molar-refractivity contribution in [3.8, 4) is 5.75 Å². The number of benzene rings is 1. The summed E-state index contributed by atoms with van der Waals surface area (Å²) < 4.78 is 16.4. The Morgan fingerprint density at radius 3 is 2.47 bits per heavy atom. The molecule has 0 bridgehead atoms. The highest BCUT2D eigenvalue weighted by molar-refractivity contribution is 7.84. The van der Waals surface area contributed by atoms with Gasteiger partial charge in [-0.05, 0) is 31.5 Å². The van der Waals surface area contributed by atoms with Crippen LogP contribution >= 0.6 is 0 Å². The molecular formula is C13H21NO2S. The van der Waals surface area contributed by atoms with Crippen molar-refractivity contribution in [2.75, 3.05) is 18.6 Å². The Kier molecular flexibility index (Phi) is 6.22. The van der Waals surface area contributed by atoms with E-state index < -0.39 is 10.8 Å². The summed E-state index contributed by atoms with van der Waals surface area (Å²) in [5, 5.41) is 3.26. The van der Waals surface area contributed by atoms with Crippen LogP contribution in [0.5, 0.6) is 5.75 Å². The molecule has 1 N–H and O–H groups in total. The van der Waals surface area contributed by atoms with Gasteiger partial charge in [0.05, 0.1) is 6.10 Å². The fourth-order valence-electron chi connectivity index (χ4n) is 1.41. The zero-order valence-corrected chi connectivity index (χ0v) is 11.5. The van der Waals surface area contributed by atoms with E-state index in [1.165, 1.54) is 5.56 Å². The van der Waals surface area contributed by atoms with Crippen LogP contribution in [0.15, 0.2) is 24.3 Å². The minimum atomic E-state index is -0.716. The van der Waals surface area contributed by atoms with Crippen molar-refractivity contribution < 1.29 is 8.95 Å². The molecule has 1 rings (SSSR count). The molecule has 0 aliphatic rings. The first-order valence-electron chi connectivity index (χ1n) is 5.84. The number of rotatable bonds is 7. The molecule has 3 nitrogen and oxygen atoms in total. The molecule has 0 radical (unpaired) electrons. The van der Waals surface area contributed by atoms with Crippen LogP contribution in [0, 0.1) is 0 Å². The van der Waals surface area contributed by atoms with Crippen molar-refractivity contribution >= 4 is 10.8 Å². The second kappa shape index (κ2) is 7.45. The summed E-state index contributed by atoms with van der Waals surface area (Å²) in [7, 11) is -0.716. The molecule has 17 heavy (non-hydrogen) atoms. The summed E-state index contributed by atoms with van der Waals surface area (Å²) >= 11 is 0. The van der Waals surface area contributed by atoms with E-state index in [4.69, 9.17) is 4.74 Å². The average Bonchev–Trinajstić information content (AvgIpc) is 2.25. The highest BCUT2D eigenvalue weighted by atomic mass is 32.2. The molecule has 0 amide bonds. The summed E-state index contributed by atoms with van der Waals surface area (Å²) in [4.78, 5) is 0. The van der Waals surface area contributed by atoms with Crippen molar-refractivity contribution in [1.29, 1.82) is 0 Å². The van der Waals surface area contributed by atoms with E-state index in [2.05, 4.69) is 5.32 Å². The van der Waals surface area contributed by atoms with Gasteiger partial charge in [0.15, 0.2) is 0 Å². The zero-order valence-electron chi connectivity index (χ0n) is 10.7. The maximum atomic E-state index is 10.9. The van der Waals surface area contributed by atoms with E-state index >= 15 is 0 Å². The second-order valence-corrected chi connectivity index (χ2v) is 5.82. The summed E-state index contributed by atoms with van der Waals surface area (Å²) in [6.07, 6.45) is 1.93. The Balaban J connectivity index is 2.32. The lowest BCUT2D eigenvalue weighted by atomic mass is 10.2. The van der Waals surface area contributed by atoms with E-state index in [9.17, 15) is 4.21 Å². The van der Waals surface area contributed by atoms with Crippen LogP contribution in [-0.4, -0.2) is 28.9 Å². The normalized spacial score (nSPS) is 12.7. The summed E-state index contributed by atoms with van der Waals surface area (Å²) in [6, 6.07) is 8.06. The first kappa shape index (κ1) is 14.2. The van der Waals surface area contributed by atoms with Gasteiger partial charge in [-0.25, -0.2) is 0 Å². The van der Waals surface area contributed by atoms with Crippen molar-refractivity contribution in [2.24, 2.45) is 0 Å². The predicted molar refractivity (Wildman–Crippen MR) is 72.8 cm³/mol. The molecule has 1 aromatic carbocycles. The highest BCUT2D eigenvalue weighted by Gasteiger charge is 1.98. The van der Waals surface area contributed by atoms with Crippen LogP contribution < -0.4 is 10.1 Å². The minimum absolute atomic E-state index is 0.207. The average molecular weight is 255 g/mol. The molecule has 0 aliphatic heterocycles. The summed E-state index contributed by atoms with van der Waals surface area (Å²) in [5.41, 5.74) is 1.21. The van der Waals surface area contributed by atoms with Crippen LogP contribution in [0.1, 0.15) is 19.4 Å². The molecule has 0 heterocycles. The van der Waals surface area contributed by atoms with Crippen LogP contribution in [-0.2, 0) is 17.3 Å². The number of hydrogen-bond acceptors (Lipinski definition) is 3. The Hall–Kier alpha value is -0.870. The molecule has 96 valence electrons. The third kappa shape index (κ3) is 6.44. The number of hydrogen-bond donors (Lipinski definition) is 1. The van der Waals surface area contributed by atoms with E-state index in [0.717, 1.165) is 18.8 Å². The highest BCUT2D eigenvalue weighted by Crippen LogP contribution is 2.13. The van der Waals surface area contributed by atoms with E-state index in [0.29, 0.717) is 5.75 Å². The van der Waals surface area contributed by atoms with Gasteiger partial charge in [-0.15, -0.1) is 0 Å². The van der Waals surface area contributed by atoms with Gasteiger partial charge in [0.25, 0.3) is 0 Å². The van der Waals surface area contributed by atoms with Gasteiger partial charge in [0.2, 0.25) is 0 Å². The van der Waals surface area contributed by atoms with Gasteiger partial charge >= 0.3 is 0 Å². The maximum Gasteiger partial charge on any atom is 0.119 e. The molecule has 0 aromatic heterocycles. The molecule has 4 heteroatoms. The van der Waals surface area contributed by atoms with Gasteiger partial charge in [-0.2, -0.15) is 0 Å². The van der Waals surface area contributed by atoms with Gasteiger partial charge in [0.1, 0.15) is 5.75 Å². The largest absolute Gasteiger partial charge is 0.491 e. The van der Waals surface area contributed by atoms with Crippen LogP contribution in [0.2, 0.25) is 0 Å². The Bertz CT molecular complexity index is 349. The van der Waals surface area contributed by atoms with Crippen molar-refractivity contribution in [2.45, 2.75) is 26.5 Å². The summed E-state index contributed by atoms with van der Waals surface area (Å²) in [5.74, 6) is 1.60. The second-order valence-electron chi connectivity index (χ2n) is 4.26. The molecular weight excluding hydrogens is 234 g/mol. The molecule has 0 saturated carbocycles. The number of ether oxygens (including phenoxy) is 1. The van der Waals surface area contributed by atoms with Gasteiger partial charge in [-0.1, -0.05) is 12.1 Å². The smallest absolute Gasteiger partial charge is 0.119 e. The maximum absolute atomic E-state index is 10.9. The fraction of sp³-hybridized carbons (Fsp3) is 0.538. The topological polar surface area (TPSA) is 38.3 Å². The van der Waals surface area contributed by atoms with Crippen molar-refractivity contribution in [1.82, 2.24) is 5.32 Å². The monoisotopic (exact) mass is 255 g/mol. The lowest BCUT2D eigenvalue weighted by Crippen LogP contribution is -2.19. The number of nitrogens with one attached hydrogen (secondary N) is 1.